The molecular weight excluding hydrogens is 787 g/mol. The minimum Gasteiger partial charge on any atom is -0.497 e. The van der Waals surface area contributed by atoms with Crippen LogP contribution in [0.5, 0.6) is 5.75 Å². The Morgan fingerprint density at radius 3 is 1.63 bits per heavy atom. The molecule has 0 aliphatic heterocycles. The van der Waals surface area contributed by atoms with Crippen LogP contribution in [0.3, 0.4) is 0 Å². The number of nitrogens with one attached hydrogen (secondary N) is 4. The van der Waals surface area contributed by atoms with E-state index in [-0.39, 0.29) is 0 Å². The van der Waals surface area contributed by atoms with Crippen molar-refractivity contribution in [2.24, 2.45) is 0 Å². The molecule has 0 aliphatic rings. The molecule has 0 saturated carbocycles. The predicted molar refractivity (Wildman–Crippen MR) is 246 cm³/mol. The van der Waals surface area contributed by atoms with Gasteiger partial charge in [-0.05, 0) is 128 Å². The minimum absolute atomic E-state index is 0.376. The zero-order valence-electron chi connectivity index (χ0n) is 36.0. The van der Waals surface area contributed by atoms with Gasteiger partial charge in [0.05, 0.1) is 26.1 Å². The summed E-state index contributed by atoms with van der Waals surface area (Å²) in [6.07, 6.45) is 15.0. The van der Waals surface area contributed by atoms with E-state index in [9.17, 15) is 0 Å². The van der Waals surface area contributed by atoms with E-state index in [1.807, 2.05) is 61.9 Å². The van der Waals surface area contributed by atoms with E-state index >= 15 is 0 Å². The van der Waals surface area contributed by atoms with Crippen LogP contribution >= 0.6 is 23.2 Å². The Balaban J connectivity index is 0.000000152. The number of hydrogen-bond donors (Lipinski definition) is 4. The summed E-state index contributed by atoms with van der Waals surface area (Å²) >= 11 is 12.1. The molecule has 1 atom stereocenters. The lowest BCUT2D eigenvalue weighted by molar-refractivity contribution is 0.414. The summed E-state index contributed by atoms with van der Waals surface area (Å²) in [7, 11) is 1.68. The van der Waals surface area contributed by atoms with Crippen molar-refractivity contribution in [1.29, 1.82) is 0 Å². The molecule has 1 unspecified atom stereocenters. The van der Waals surface area contributed by atoms with E-state index in [1.165, 1.54) is 61.5 Å². The number of aromatic nitrogens is 8. The average Bonchev–Trinajstić information content (AvgIpc) is 4.10. The number of rotatable bonds is 9. The first-order valence-electron chi connectivity index (χ1n) is 20.0. The van der Waals surface area contributed by atoms with Crippen molar-refractivity contribution >= 4 is 23.2 Å². The van der Waals surface area contributed by atoms with Gasteiger partial charge in [0.15, 0.2) is 0 Å². The molecule has 11 heteroatoms. The van der Waals surface area contributed by atoms with Crippen molar-refractivity contribution in [3.05, 3.63) is 205 Å². The van der Waals surface area contributed by atoms with Crippen LogP contribution in [0, 0.1) is 48.5 Å². The molecule has 0 spiro atoms. The summed E-state index contributed by atoms with van der Waals surface area (Å²) in [4.78, 5) is 28.8. The summed E-state index contributed by atoms with van der Waals surface area (Å²) in [6, 6.07) is 22.3. The Bertz CT molecular complexity index is 2480. The molecule has 8 rings (SSSR count). The van der Waals surface area contributed by atoms with Crippen molar-refractivity contribution in [2.45, 2.75) is 80.6 Å². The van der Waals surface area contributed by atoms with Gasteiger partial charge in [0, 0.05) is 82.8 Å². The number of benzene rings is 4. The van der Waals surface area contributed by atoms with Crippen molar-refractivity contribution in [1.82, 2.24) is 39.9 Å². The first-order valence-corrected chi connectivity index (χ1v) is 20.7. The van der Waals surface area contributed by atoms with Crippen LogP contribution in [-0.2, 0) is 19.3 Å². The van der Waals surface area contributed by atoms with Gasteiger partial charge in [0.1, 0.15) is 11.6 Å². The fourth-order valence-corrected chi connectivity index (χ4v) is 7.39. The monoisotopic (exact) mass is 842 g/mol. The highest BCUT2D eigenvalue weighted by Crippen LogP contribution is 2.28. The molecule has 8 aromatic rings. The number of halogens is 2. The number of aromatic amines is 4. The van der Waals surface area contributed by atoms with Gasteiger partial charge in [-0.3, -0.25) is 0 Å². The Hall–Kier alpha value is -5.90. The van der Waals surface area contributed by atoms with Crippen LogP contribution in [0.4, 0.5) is 0 Å². The van der Waals surface area contributed by atoms with Crippen molar-refractivity contribution < 1.29 is 4.74 Å². The molecule has 4 aromatic carbocycles. The molecule has 9 nitrogen and oxygen atoms in total. The maximum atomic E-state index is 6.03. The van der Waals surface area contributed by atoms with E-state index in [2.05, 4.69) is 119 Å². The maximum Gasteiger partial charge on any atom is 0.119 e. The van der Waals surface area contributed by atoms with E-state index < -0.39 is 0 Å². The average molecular weight is 844 g/mol. The zero-order chi connectivity index (χ0) is 43.2. The Morgan fingerprint density at radius 2 is 1.12 bits per heavy atom. The van der Waals surface area contributed by atoms with Gasteiger partial charge in [-0.25, -0.2) is 19.9 Å². The van der Waals surface area contributed by atoms with Crippen molar-refractivity contribution in [2.75, 3.05) is 7.11 Å². The Kier molecular flexibility index (Phi) is 16.5. The van der Waals surface area contributed by atoms with Crippen LogP contribution in [0.15, 0.2) is 110 Å². The van der Waals surface area contributed by atoms with E-state index in [0.29, 0.717) is 22.4 Å². The number of nitrogens with zero attached hydrogens (tertiary/aromatic N) is 4. The highest BCUT2D eigenvalue weighted by molar-refractivity contribution is 6.36. The summed E-state index contributed by atoms with van der Waals surface area (Å²) in [5.41, 5.74) is 17.7. The van der Waals surface area contributed by atoms with E-state index in [4.69, 9.17) is 27.9 Å². The summed E-state index contributed by atoms with van der Waals surface area (Å²) in [5, 5.41) is 1.37. The lowest BCUT2D eigenvalue weighted by Crippen LogP contribution is -2.00. The quantitative estimate of drug-likeness (QED) is 0.115. The van der Waals surface area contributed by atoms with Gasteiger partial charge in [-0.15, -0.1) is 0 Å². The van der Waals surface area contributed by atoms with E-state index in [0.717, 1.165) is 41.4 Å². The van der Waals surface area contributed by atoms with Crippen LogP contribution in [0.1, 0.15) is 97.1 Å². The fraction of sp³-hybridized carbons (Fsp3) is 0.265. The summed E-state index contributed by atoms with van der Waals surface area (Å²) in [6.45, 7) is 17.3. The fourth-order valence-electron chi connectivity index (χ4n) is 6.86. The van der Waals surface area contributed by atoms with Gasteiger partial charge >= 0.3 is 0 Å². The number of H-pyrrole nitrogens is 4. The third-order valence-corrected chi connectivity index (χ3v) is 11.5. The Morgan fingerprint density at radius 1 is 0.583 bits per heavy atom. The summed E-state index contributed by atoms with van der Waals surface area (Å²) < 4.78 is 5.15. The minimum atomic E-state index is 0.376. The zero-order valence-corrected chi connectivity index (χ0v) is 37.6. The first kappa shape index (κ1) is 45.2. The molecule has 60 heavy (non-hydrogen) atoms. The molecule has 0 bridgehead atoms. The third kappa shape index (κ3) is 12.6. The molecule has 4 heterocycles. The molecule has 4 N–H and O–H groups in total. The maximum absolute atomic E-state index is 6.03. The van der Waals surface area contributed by atoms with Crippen LogP contribution in [0.25, 0.3) is 0 Å². The van der Waals surface area contributed by atoms with Crippen LogP contribution < -0.4 is 4.74 Å². The Labute approximate surface area is 364 Å². The van der Waals surface area contributed by atoms with Crippen LogP contribution in [0.2, 0.25) is 10.0 Å². The lowest BCUT2D eigenvalue weighted by Gasteiger charge is -2.14. The predicted octanol–water partition coefficient (Wildman–Crippen LogP) is 12.0. The molecule has 312 valence electrons. The molecule has 0 fully saturated rings. The van der Waals surface area contributed by atoms with Gasteiger partial charge in [0.25, 0.3) is 0 Å². The first-order chi connectivity index (χ1) is 28.8. The topological polar surface area (TPSA) is 124 Å². The molecule has 0 amide bonds. The molecule has 4 aromatic heterocycles. The second kappa shape index (κ2) is 21.9. The second-order valence-corrected chi connectivity index (χ2v) is 15.8. The SMILES string of the molecule is COc1cccc(Cc2cnc[nH]2)c1.Cc1cc(C)c(C)c(Cc2cnc[nH]2)c1C.Cc1ncc(C(C)c2cccc(C)c2C)[nH]1.Clc1cccc(Cl)c1Cc1cnc[nH]1. The highest BCUT2D eigenvalue weighted by Gasteiger charge is 2.14. The van der Waals surface area contributed by atoms with Gasteiger partial charge in [-0.2, -0.15) is 0 Å². The number of methoxy groups -OCH3 is 1. The standard InChI is InChI=1S/2C14H18N2.C11H12N2O.C10H8Cl2N2/c1-9-5-10(2)12(4)14(11(9)3)6-13-7-15-8-16-13;1-9-6-5-7-13(10(9)2)11(3)14-8-15-12(4)16-14;1-14-11-4-2-3-9(6-11)5-10-7-12-8-13-10;11-9-2-1-3-10(12)8(9)4-7-5-13-6-14-7/h5,7-8H,6H2,1-4H3,(H,15,16);5-8,11H,1-4H3,(H,15,16);2-4,6-8H,5H2,1H3,(H,12,13);1-3,5-6H,4H2,(H,13,14). The number of aryl methyl sites for hydroxylation is 4. The van der Waals surface area contributed by atoms with Gasteiger partial charge in [0.2, 0.25) is 0 Å². The molecule has 0 radical (unpaired) electrons. The van der Waals surface area contributed by atoms with Crippen molar-refractivity contribution in [3.63, 3.8) is 0 Å². The molecule has 0 saturated heterocycles. The smallest absolute Gasteiger partial charge is 0.119 e. The van der Waals surface area contributed by atoms with Gasteiger partial charge < -0.3 is 24.7 Å². The largest absolute Gasteiger partial charge is 0.497 e. The van der Waals surface area contributed by atoms with Gasteiger partial charge in [-0.1, -0.05) is 72.6 Å². The number of imidazole rings is 4. The lowest BCUT2D eigenvalue weighted by atomic mass is 9.92. The molecular formula is C49H56Cl2N8O. The number of hydrogen-bond acceptors (Lipinski definition) is 5. The number of ether oxygens (including phenoxy) is 1. The van der Waals surface area contributed by atoms with E-state index in [1.54, 1.807) is 32.3 Å². The third-order valence-electron chi connectivity index (χ3n) is 10.8. The highest BCUT2D eigenvalue weighted by atomic mass is 35.5. The summed E-state index contributed by atoms with van der Waals surface area (Å²) in [5.74, 6) is 2.25. The second-order valence-electron chi connectivity index (χ2n) is 15.0. The van der Waals surface area contributed by atoms with Crippen molar-refractivity contribution in [3.8, 4) is 5.75 Å². The normalized spacial score (nSPS) is 11.1. The molecule has 0 aliphatic carbocycles. The van der Waals surface area contributed by atoms with Crippen LogP contribution in [-0.4, -0.2) is 47.0 Å².